The molecule has 0 N–H and O–H groups in total. The molecular formula is C14H15NO2. The Bertz CT molecular complexity index is 511. The zero-order valence-corrected chi connectivity index (χ0v) is 10.0. The summed E-state index contributed by atoms with van der Waals surface area (Å²) in [6.45, 7) is 4.24. The Balaban J connectivity index is 2.25. The van der Waals surface area contributed by atoms with E-state index in [2.05, 4.69) is 4.57 Å². The van der Waals surface area contributed by atoms with Crippen molar-refractivity contribution in [2.24, 2.45) is 0 Å². The molecule has 0 aliphatic rings. The molecular weight excluding hydrogens is 214 g/mol. The number of rotatable bonds is 3. The zero-order chi connectivity index (χ0) is 12.3. The van der Waals surface area contributed by atoms with Gasteiger partial charge in [-0.05, 0) is 50.2 Å². The molecule has 0 amide bonds. The van der Waals surface area contributed by atoms with Crippen molar-refractivity contribution in [2.45, 2.75) is 13.8 Å². The molecule has 1 heterocycles. The minimum absolute atomic E-state index is 0.275. The number of aromatic nitrogens is 1. The summed E-state index contributed by atoms with van der Waals surface area (Å²) in [5, 5.41) is 0. The summed E-state index contributed by atoms with van der Waals surface area (Å²) in [5.74, 6) is -0.275. The van der Waals surface area contributed by atoms with Gasteiger partial charge in [-0.2, -0.15) is 0 Å². The quantitative estimate of drug-likeness (QED) is 0.758. The van der Waals surface area contributed by atoms with Crippen LogP contribution in [-0.4, -0.2) is 17.1 Å². The second kappa shape index (κ2) is 4.87. The van der Waals surface area contributed by atoms with Crippen molar-refractivity contribution < 1.29 is 9.53 Å². The van der Waals surface area contributed by atoms with Gasteiger partial charge in [0.05, 0.1) is 12.2 Å². The predicted molar refractivity (Wildman–Crippen MR) is 66.5 cm³/mol. The van der Waals surface area contributed by atoms with Crippen LogP contribution in [0.25, 0.3) is 5.69 Å². The van der Waals surface area contributed by atoms with Gasteiger partial charge in [0.25, 0.3) is 0 Å². The topological polar surface area (TPSA) is 31.2 Å². The van der Waals surface area contributed by atoms with E-state index in [1.54, 1.807) is 19.1 Å². The molecule has 0 aliphatic heterocycles. The minimum Gasteiger partial charge on any atom is -0.462 e. The molecule has 1 aromatic heterocycles. The molecule has 88 valence electrons. The van der Waals surface area contributed by atoms with Crippen LogP contribution in [0.3, 0.4) is 0 Å². The monoisotopic (exact) mass is 229 g/mol. The number of hydrogen-bond donors (Lipinski definition) is 0. The third kappa shape index (κ3) is 2.38. The Labute approximate surface area is 101 Å². The van der Waals surface area contributed by atoms with Gasteiger partial charge >= 0.3 is 5.97 Å². The van der Waals surface area contributed by atoms with Crippen LogP contribution in [-0.2, 0) is 4.74 Å². The van der Waals surface area contributed by atoms with Crippen molar-refractivity contribution in [1.29, 1.82) is 0 Å². The fourth-order valence-electron chi connectivity index (χ4n) is 1.73. The number of benzene rings is 1. The van der Waals surface area contributed by atoms with Gasteiger partial charge in [-0.25, -0.2) is 4.79 Å². The zero-order valence-electron chi connectivity index (χ0n) is 10.0. The number of nitrogens with zero attached hydrogens (tertiary/aromatic N) is 1. The highest BCUT2D eigenvalue weighted by Crippen LogP contribution is 2.13. The Morgan fingerprint density at radius 3 is 2.47 bits per heavy atom. The Hall–Kier alpha value is -2.03. The summed E-state index contributed by atoms with van der Waals surface area (Å²) < 4.78 is 7.00. The molecule has 0 unspecified atom stereocenters. The number of ether oxygens (including phenoxy) is 1. The van der Waals surface area contributed by atoms with E-state index >= 15 is 0 Å². The number of carbonyl (C=O) groups excluding carboxylic acids is 1. The van der Waals surface area contributed by atoms with Gasteiger partial charge in [-0.15, -0.1) is 0 Å². The molecule has 0 atom stereocenters. The molecule has 0 fully saturated rings. The normalized spacial score (nSPS) is 10.2. The molecule has 0 radical (unpaired) electrons. The van der Waals surface area contributed by atoms with Crippen LogP contribution >= 0.6 is 0 Å². The van der Waals surface area contributed by atoms with Crippen molar-refractivity contribution >= 4 is 5.97 Å². The lowest BCUT2D eigenvalue weighted by molar-refractivity contribution is 0.0526. The summed E-state index contributed by atoms with van der Waals surface area (Å²) >= 11 is 0. The Morgan fingerprint density at radius 1 is 1.24 bits per heavy atom. The highest BCUT2D eigenvalue weighted by atomic mass is 16.5. The van der Waals surface area contributed by atoms with Crippen LogP contribution in [0, 0.1) is 6.92 Å². The summed E-state index contributed by atoms with van der Waals surface area (Å²) in [7, 11) is 0. The summed E-state index contributed by atoms with van der Waals surface area (Å²) in [5.41, 5.74) is 2.79. The van der Waals surface area contributed by atoms with E-state index in [0.717, 1.165) is 11.4 Å². The molecule has 0 saturated heterocycles. The number of aryl methyl sites for hydroxylation is 1. The Morgan fingerprint density at radius 2 is 1.94 bits per heavy atom. The van der Waals surface area contributed by atoms with Crippen LogP contribution in [0.5, 0.6) is 0 Å². The molecule has 17 heavy (non-hydrogen) atoms. The van der Waals surface area contributed by atoms with E-state index in [1.807, 2.05) is 37.4 Å². The Kier molecular flexibility index (Phi) is 3.28. The first-order valence-electron chi connectivity index (χ1n) is 5.64. The third-order valence-electron chi connectivity index (χ3n) is 2.61. The average Bonchev–Trinajstić information content (AvgIpc) is 2.76. The van der Waals surface area contributed by atoms with Gasteiger partial charge in [-0.1, -0.05) is 0 Å². The van der Waals surface area contributed by atoms with Gasteiger partial charge in [0, 0.05) is 17.6 Å². The van der Waals surface area contributed by atoms with Gasteiger partial charge in [0.2, 0.25) is 0 Å². The largest absolute Gasteiger partial charge is 0.462 e. The van der Waals surface area contributed by atoms with Crippen LogP contribution in [0.1, 0.15) is 23.0 Å². The van der Waals surface area contributed by atoms with Crippen LogP contribution in [0.2, 0.25) is 0 Å². The first-order chi connectivity index (χ1) is 8.22. The summed E-state index contributed by atoms with van der Waals surface area (Å²) in [6.07, 6.45) is 1.99. The van der Waals surface area contributed by atoms with Gasteiger partial charge in [-0.3, -0.25) is 0 Å². The van der Waals surface area contributed by atoms with E-state index in [0.29, 0.717) is 12.2 Å². The highest BCUT2D eigenvalue weighted by Gasteiger charge is 2.06. The molecule has 3 nitrogen and oxygen atoms in total. The van der Waals surface area contributed by atoms with Crippen LogP contribution in [0.15, 0.2) is 42.6 Å². The van der Waals surface area contributed by atoms with Crippen LogP contribution in [0.4, 0.5) is 0 Å². The van der Waals surface area contributed by atoms with Gasteiger partial charge < -0.3 is 9.30 Å². The average molecular weight is 229 g/mol. The summed E-state index contributed by atoms with van der Waals surface area (Å²) in [6, 6.07) is 11.4. The molecule has 3 heteroatoms. The van der Waals surface area contributed by atoms with E-state index in [1.165, 1.54) is 0 Å². The van der Waals surface area contributed by atoms with Gasteiger partial charge in [0.15, 0.2) is 0 Å². The molecule has 2 aromatic rings. The molecule has 0 bridgehead atoms. The van der Waals surface area contributed by atoms with E-state index < -0.39 is 0 Å². The molecule has 0 aliphatic carbocycles. The first kappa shape index (κ1) is 11.5. The first-order valence-corrected chi connectivity index (χ1v) is 5.64. The lowest BCUT2D eigenvalue weighted by Gasteiger charge is -2.07. The number of carbonyl (C=O) groups is 1. The van der Waals surface area contributed by atoms with Gasteiger partial charge in [0.1, 0.15) is 0 Å². The lowest BCUT2D eigenvalue weighted by atomic mass is 10.2. The maximum atomic E-state index is 11.5. The van der Waals surface area contributed by atoms with Crippen molar-refractivity contribution in [2.75, 3.05) is 6.61 Å². The van der Waals surface area contributed by atoms with E-state index in [9.17, 15) is 4.79 Å². The second-order valence-corrected chi connectivity index (χ2v) is 3.79. The van der Waals surface area contributed by atoms with E-state index in [4.69, 9.17) is 4.74 Å². The van der Waals surface area contributed by atoms with Crippen LogP contribution < -0.4 is 0 Å². The van der Waals surface area contributed by atoms with E-state index in [-0.39, 0.29) is 5.97 Å². The minimum atomic E-state index is -0.275. The number of hydrogen-bond acceptors (Lipinski definition) is 2. The van der Waals surface area contributed by atoms with Crippen molar-refractivity contribution in [3.8, 4) is 5.69 Å². The number of esters is 1. The predicted octanol–water partition coefficient (Wildman–Crippen LogP) is 2.96. The molecule has 1 aromatic carbocycles. The maximum absolute atomic E-state index is 11.5. The molecule has 0 spiro atoms. The van der Waals surface area contributed by atoms with Crippen molar-refractivity contribution in [1.82, 2.24) is 4.57 Å². The fraction of sp³-hybridized carbons (Fsp3) is 0.214. The third-order valence-corrected chi connectivity index (χ3v) is 2.61. The standard InChI is InChI=1S/C14H15NO2/c1-3-17-14(16)12-6-8-13(9-7-12)15-10-4-5-11(15)2/h4-10H,3H2,1-2H3. The lowest BCUT2D eigenvalue weighted by Crippen LogP contribution is -2.04. The second-order valence-electron chi connectivity index (χ2n) is 3.79. The fourth-order valence-corrected chi connectivity index (χ4v) is 1.73. The highest BCUT2D eigenvalue weighted by molar-refractivity contribution is 5.89. The maximum Gasteiger partial charge on any atom is 0.338 e. The smallest absolute Gasteiger partial charge is 0.338 e. The molecule has 2 rings (SSSR count). The summed E-state index contributed by atoms with van der Waals surface area (Å²) in [4.78, 5) is 11.5. The SMILES string of the molecule is CCOC(=O)c1ccc(-n2cccc2C)cc1. The van der Waals surface area contributed by atoms with Crippen molar-refractivity contribution in [3.63, 3.8) is 0 Å². The molecule has 0 saturated carbocycles. The van der Waals surface area contributed by atoms with Crippen molar-refractivity contribution in [3.05, 3.63) is 53.9 Å².